The molecule has 0 heterocycles. The number of hydrogen-bond donors (Lipinski definition) is 1. The van der Waals surface area contributed by atoms with Crippen molar-refractivity contribution in [3.05, 3.63) is 57.0 Å². The van der Waals surface area contributed by atoms with E-state index in [2.05, 4.69) is 15.9 Å². The van der Waals surface area contributed by atoms with E-state index in [1.807, 2.05) is 18.2 Å². The van der Waals surface area contributed by atoms with E-state index in [0.717, 1.165) is 15.6 Å². The molecule has 1 N–H and O–H groups in total. The summed E-state index contributed by atoms with van der Waals surface area (Å²) in [7, 11) is 1.60. The van der Waals surface area contributed by atoms with Gasteiger partial charge in [0.2, 0.25) is 0 Å². The van der Waals surface area contributed by atoms with E-state index in [0.29, 0.717) is 23.1 Å². The summed E-state index contributed by atoms with van der Waals surface area (Å²) in [6, 6.07) is 10.9. The second kappa shape index (κ2) is 7.16. The van der Waals surface area contributed by atoms with Crippen LogP contribution in [0.2, 0.25) is 5.02 Å². The lowest BCUT2D eigenvalue weighted by molar-refractivity contribution is 0.190. The van der Waals surface area contributed by atoms with Crippen molar-refractivity contribution in [2.75, 3.05) is 7.11 Å². The molecule has 0 spiro atoms. The molecule has 0 aliphatic carbocycles. The van der Waals surface area contributed by atoms with Gasteiger partial charge in [0.25, 0.3) is 0 Å². The van der Waals surface area contributed by atoms with E-state index < -0.39 is 6.10 Å². The molecule has 0 fully saturated rings. The molecule has 21 heavy (non-hydrogen) atoms. The van der Waals surface area contributed by atoms with E-state index in [-0.39, 0.29) is 0 Å². The summed E-state index contributed by atoms with van der Waals surface area (Å²) in [5, 5.41) is 10.4. The van der Waals surface area contributed by atoms with Crippen LogP contribution >= 0.6 is 27.5 Å². The number of benzene rings is 2. The number of methoxy groups -OCH3 is 1. The normalized spacial score (nSPS) is 12.0. The number of hydrogen-bond acceptors (Lipinski definition) is 3. The third kappa shape index (κ3) is 4.13. The molecule has 0 saturated carbocycles. The van der Waals surface area contributed by atoms with Crippen LogP contribution in [0.3, 0.4) is 0 Å². The van der Waals surface area contributed by atoms with Gasteiger partial charge in [0.1, 0.15) is 18.1 Å². The summed E-state index contributed by atoms with van der Waals surface area (Å²) in [5.41, 5.74) is 1.58. The summed E-state index contributed by atoms with van der Waals surface area (Å²) in [4.78, 5) is 0. The monoisotopic (exact) mass is 370 g/mol. The van der Waals surface area contributed by atoms with Crippen molar-refractivity contribution in [3.63, 3.8) is 0 Å². The van der Waals surface area contributed by atoms with Gasteiger partial charge in [0.15, 0.2) is 0 Å². The Bertz CT molecular complexity index is 629. The topological polar surface area (TPSA) is 38.7 Å². The lowest BCUT2D eigenvalue weighted by Gasteiger charge is -2.15. The van der Waals surface area contributed by atoms with Gasteiger partial charge in [-0.1, -0.05) is 33.6 Å². The zero-order valence-electron chi connectivity index (χ0n) is 11.8. The molecule has 2 rings (SSSR count). The lowest BCUT2D eigenvalue weighted by Crippen LogP contribution is -2.02. The van der Waals surface area contributed by atoms with Crippen molar-refractivity contribution in [2.45, 2.75) is 19.6 Å². The van der Waals surface area contributed by atoms with Crippen LogP contribution in [0.15, 0.2) is 40.9 Å². The number of aliphatic hydroxyl groups excluding tert-OH is 1. The van der Waals surface area contributed by atoms with E-state index >= 15 is 0 Å². The summed E-state index contributed by atoms with van der Waals surface area (Å²) < 4.78 is 12.0. The molecular formula is C16H16BrClO3. The molecule has 2 aromatic rings. The lowest BCUT2D eigenvalue weighted by atomic mass is 10.1. The standard InChI is InChI=1S/C16H16BrClO3/c1-10(19)14-5-3-12(17)8-16(14)21-9-11-7-13(18)4-6-15(11)20-2/h3-8,10,19H,9H2,1-2H3. The highest BCUT2D eigenvalue weighted by molar-refractivity contribution is 9.10. The van der Waals surface area contributed by atoms with Gasteiger partial charge in [0.05, 0.1) is 13.2 Å². The molecule has 0 aliphatic heterocycles. The first kappa shape index (κ1) is 16.1. The van der Waals surface area contributed by atoms with E-state index in [4.69, 9.17) is 21.1 Å². The molecule has 0 saturated heterocycles. The maximum atomic E-state index is 9.80. The van der Waals surface area contributed by atoms with Crippen LogP contribution in [0.4, 0.5) is 0 Å². The minimum absolute atomic E-state index is 0.305. The van der Waals surface area contributed by atoms with Gasteiger partial charge in [0, 0.05) is 20.6 Å². The summed E-state index contributed by atoms with van der Waals surface area (Å²) in [5.74, 6) is 1.34. The molecule has 112 valence electrons. The highest BCUT2D eigenvalue weighted by Crippen LogP contribution is 2.30. The van der Waals surface area contributed by atoms with Gasteiger partial charge in [-0.2, -0.15) is 0 Å². The first-order chi connectivity index (χ1) is 10.0. The summed E-state index contributed by atoms with van der Waals surface area (Å²) in [6.45, 7) is 2.01. The fourth-order valence-electron chi connectivity index (χ4n) is 1.99. The van der Waals surface area contributed by atoms with Crippen LogP contribution in [-0.4, -0.2) is 12.2 Å². The van der Waals surface area contributed by atoms with Crippen molar-refractivity contribution in [1.29, 1.82) is 0 Å². The average Bonchev–Trinajstić information content (AvgIpc) is 2.45. The molecule has 5 heteroatoms. The predicted octanol–water partition coefficient (Wildman–Crippen LogP) is 4.74. The first-order valence-corrected chi connectivity index (χ1v) is 7.61. The Kier molecular flexibility index (Phi) is 5.51. The van der Waals surface area contributed by atoms with Crippen LogP contribution < -0.4 is 9.47 Å². The van der Waals surface area contributed by atoms with E-state index in [1.54, 1.807) is 32.2 Å². The fraction of sp³-hybridized carbons (Fsp3) is 0.250. The SMILES string of the molecule is COc1ccc(Cl)cc1COc1cc(Br)ccc1C(C)O. The van der Waals surface area contributed by atoms with Crippen LogP contribution in [0.1, 0.15) is 24.2 Å². The van der Waals surface area contributed by atoms with Gasteiger partial charge < -0.3 is 14.6 Å². The Morgan fingerprint density at radius 1 is 1.19 bits per heavy atom. The van der Waals surface area contributed by atoms with E-state index in [1.165, 1.54) is 0 Å². The summed E-state index contributed by atoms with van der Waals surface area (Å²) in [6.07, 6.45) is -0.602. The highest BCUT2D eigenvalue weighted by Gasteiger charge is 2.11. The summed E-state index contributed by atoms with van der Waals surface area (Å²) >= 11 is 9.41. The first-order valence-electron chi connectivity index (χ1n) is 6.44. The van der Waals surface area contributed by atoms with Crippen LogP contribution in [0.25, 0.3) is 0 Å². The van der Waals surface area contributed by atoms with Crippen molar-refractivity contribution < 1.29 is 14.6 Å². The van der Waals surface area contributed by atoms with Gasteiger partial charge in [-0.25, -0.2) is 0 Å². The van der Waals surface area contributed by atoms with Crippen LogP contribution in [0.5, 0.6) is 11.5 Å². The maximum absolute atomic E-state index is 9.80. The zero-order valence-corrected chi connectivity index (χ0v) is 14.1. The Balaban J connectivity index is 2.24. The van der Waals surface area contributed by atoms with Gasteiger partial charge in [-0.15, -0.1) is 0 Å². The minimum atomic E-state index is -0.602. The molecule has 1 unspecified atom stereocenters. The Hall–Kier alpha value is -1.23. The molecular weight excluding hydrogens is 356 g/mol. The van der Waals surface area contributed by atoms with Crippen LogP contribution in [-0.2, 0) is 6.61 Å². The third-order valence-corrected chi connectivity index (χ3v) is 3.78. The fourth-order valence-corrected chi connectivity index (χ4v) is 2.53. The maximum Gasteiger partial charge on any atom is 0.126 e. The van der Waals surface area contributed by atoms with Crippen molar-refractivity contribution in [1.82, 2.24) is 0 Å². The minimum Gasteiger partial charge on any atom is -0.496 e. The molecule has 0 radical (unpaired) electrons. The molecule has 0 bridgehead atoms. The molecule has 0 amide bonds. The van der Waals surface area contributed by atoms with Crippen molar-refractivity contribution >= 4 is 27.5 Å². The quantitative estimate of drug-likeness (QED) is 0.825. The Morgan fingerprint density at radius 3 is 2.62 bits per heavy atom. The second-order valence-electron chi connectivity index (χ2n) is 4.60. The third-order valence-electron chi connectivity index (χ3n) is 3.05. The van der Waals surface area contributed by atoms with E-state index in [9.17, 15) is 5.11 Å². The predicted molar refractivity (Wildman–Crippen MR) is 87.1 cm³/mol. The van der Waals surface area contributed by atoms with Crippen molar-refractivity contribution in [2.24, 2.45) is 0 Å². The van der Waals surface area contributed by atoms with Crippen molar-refractivity contribution in [3.8, 4) is 11.5 Å². The number of aliphatic hydroxyl groups is 1. The molecule has 1 atom stereocenters. The van der Waals surface area contributed by atoms with Gasteiger partial charge >= 0.3 is 0 Å². The second-order valence-corrected chi connectivity index (χ2v) is 5.96. The zero-order chi connectivity index (χ0) is 15.4. The highest BCUT2D eigenvalue weighted by atomic mass is 79.9. The smallest absolute Gasteiger partial charge is 0.126 e. The molecule has 3 nitrogen and oxygen atoms in total. The number of halogens is 2. The average molecular weight is 372 g/mol. The molecule has 0 aliphatic rings. The number of ether oxygens (including phenoxy) is 2. The van der Waals surface area contributed by atoms with Gasteiger partial charge in [-0.3, -0.25) is 0 Å². The number of rotatable bonds is 5. The largest absolute Gasteiger partial charge is 0.496 e. The Labute approximate surface area is 137 Å². The van der Waals surface area contributed by atoms with Gasteiger partial charge in [-0.05, 0) is 37.3 Å². The molecule has 0 aromatic heterocycles. The van der Waals surface area contributed by atoms with Crippen LogP contribution in [0, 0.1) is 0 Å². The molecule has 2 aromatic carbocycles. The Morgan fingerprint density at radius 2 is 1.95 bits per heavy atom.